The molecule has 232 valence electrons. The van der Waals surface area contributed by atoms with Crippen LogP contribution in [0.25, 0.3) is 6.08 Å². The van der Waals surface area contributed by atoms with Crippen LogP contribution in [0.5, 0.6) is 17.2 Å². The first-order valence-corrected chi connectivity index (χ1v) is 15.1. The van der Waals surface area contributed by atoms with Gasteiger partial charge in [0, 0.05) is 27.8 Å². The van der Waals surface area contributed by atoms with Gasteiger partial charge < -0.3 is 30.2 Å². The Morgan fingerprint density at radius 2 is 1.58 bits per heavy atom. The average Bonchev–Trinajstić information content (AvgIpc) is 3.06. The van der Waals surface area contributed by atoms with E-state index >= 15 is 0 Å². The maximum atomic E-state index is 13.6. The molecular formula is C35H35N3O6S. The van der Waals surface area contributed by atoms with Gasteiger partial charge in [-0.25, -0.2) is 0 Å². The van der Waals surface area contributed by atoms with Gasteiger partial charge in [-0.3, -0.25) is 14.4 Å². The van der Waals surface area contributed by atoms with Gasteiger partial charge in [-0.2, -0.15) is 0 Å². The molecule has 0 saturated carbocycles. The van der Waals surface area contributed by atoms with Gasteiger partial charge in [-0.15, -0.1) is 11.8 Å². The Bertz CT molecular complexity index is 1680. The van der Waals surface area contributed by atoms with E-state index in [9.17, 15) is 14.4 Å². The smallest absolute Gasteiger partial charge is 0.272 e. The van der Waals surface area contributed by atoms with Crippen molar-refractivity contribution >= 4 is 46.9 Å². The van der Waals surface area contributed by atoms with E-state index in [0.29, 0.717) is 46.4 Å². The van der Waals surface area contributed by atoms with Crippen molar-refractivity contribution in [3.05, 3.63) is 114 Å². The number of anilines is 2. The van der Waals surface area contributed by atoms with E-state index in [1.807, 2.05) is 25.1 Å². The van der Waals surface area contributed by atoms with Crippen LogP contribution in [0, 0.1) is 0 Å². The third-order valence-electron chi connectivity index (χ3n) is 6.49. The average molecular weight is 626 g/mol. The molecule has 0 saturated heterocycles. The molecule has 0 aliphatic heterocycles. The number of amides is 3. The minimum Gasteiger partial charge on any atom is -0.497 e. The lowest BCUT2D eigenvalue weighted by Crippen LogP contribution is -2.30. The van der Waals surface area contributed by atoms with Crippen molar-refractivity contribution in [1.82, 2.24) is 5.32 Å². The molecule has 0 radical (unpaired) electrons. The van der Waals surface area contributed by atoms with E-state index in [-0.39, 0.29) is 11.6 Å². The Morgan fingerprint density at radius 1 is 0.822 bits per heavy atom. The van der Waals surface area contributed by atoms with Crippen molar-refractivity contribution in [3.8, 4) is 17.2 Å². The van der Waals surface area contributed by atoms with E-state index in [2.05, 4.69) is 16.0 Å². The highest BCUT2D eigenvalue weighted by atomic mass is 32.2. The standard InChI is InChI=1S/C35H35N3O6S/c1-5-44-31-17-10-9-16-29(31)37-33(39)23(2)45-28-15-11-14-26(21-28)36-35(41)30(38-34(40)24-12-7-6-8-13-24)20-25-18-19-27(42-3)22-32(25)43-4/h6-23H,5H2,1-4H3,(H,36,41)(H,37,39)(H,38,40)/b30-20+. The molecule has 0 aliphatic carbocycles. The van der Waals surface area contributed by atoms with Crippen molar-refractivity contribution in [2.24, 2.45) is 0 Å². The monoisotopic (exact) mass is 625 g/mol. The topological polar surface area (TPSA) is 115 Å². The summed E-state index contributed by atoms with van der Waals surface area (Å²) in [7, 11) is 3.06. The quantitative estimate of drug-likeness (QED) is 0.113. The first kappa shape index (κ1) is 32.7. The van der Waals surface area contributed by atoms with Gasteiger partial charge in [0.2, 0.25) is 5.91 Å². The van der Waals surface area contributed by atoms with Gasteiger partial charge in [0.05, 0.1) is 31.8 Å². The van der Waals surface area contributed by atoms with Crippen LogP contribution in [0.4, 0.5) is 11.4 Å². The van der Waals surface area contributed by atoms with Gasteiger partial charge >= 0.3 is 0 Å². The molecule has 0 aromatic heterocycles. The molecule has 0 fully saturated rings. The van der Waals surface area contributed by atoms with Gasteiger partial charge in [0.15, 0.2) is 0 Å². The van der Waals surface area contributed by atoms with Gasteiger partial charge in [-0.05, 0) is 74.5 Å². The summed E-state index contributed by atoms with van der Waals surface area (Å²) in [4.78, 5) is 40.4. The minimum atomic E-state index is -0.544. The predicted octanol–water partition coefficient (Wildman–Crippen LogP) is 6.63. The molecular weight excluding hydrogens is 590 g/mol. The molecule has 9 nitrogen and oxygen atoms in total. The summed E-state index contributed by atoms with van der Waals surface area (Å²) >= 11 is 1.34. The first-order chi connectivity index (χ1) is 21.8. The third kappa shape index (κ3) is 9.14. The number of carbonyl (C=O) groups is 3. The number of carbonyl (C=O) groups excluding carboxylic acids is 3. The maximum absolute atomic E-state index is 13.6. The Balaban J connectivity index is 1.52. The molecule has 0 spiro atoms. The fraction of sp³-hybridized carbons (Fsp3) is 0.171. The van der Waals surface area contributed by atoms with Gasteiger partial charge in [0.1, 0.15) is 22.9 Å². The highest BCUT2D eigenvalue weighted by Gasteiger charge is 2.19. The van der Waals surface area contributed by atoms with E-state index in [4.69, 9.17) is 14.2 Å². The summed E-state index contributed by atoms with van der Waals surface area (Å²) in [5.41, 5.74) is 2.05. The lowest BCUT2D eigenvalue weighted by molar-refractivity contribution is -0.115. The molecule has 10 heteroatoms. The van der Waals surface area contributed by atoms with Crippen LogP contribution < -0.4 is 30.2 Å². The molecule has 3 N–H and O–H groups in total. The molecule has 3 amide bonds. The summed E-state index contributed by atoms with van der Waals surface area (Å²) in [6.07, 6.45) is 1.54. The normalized spacial score (nSPS) is 11.6. The van der Waals surface area contributed by atoms with Crippen molar-refractivity contribution in [3.63, 3.8) is 0 Å². The fourth-order valence-corrected chi connectivity index (χ4v) is 5.15. The van der Waals surface area contributed by atoms with Gasteiger partial charge in [-0.1, -0.05) is 36.4 Å². The molecule has 45 heavy (non-hydrogen) atoms. The molecule has 4 rings (SSSR count). The Labute approximate surface area is 267 Å². The molecule has 1 unspecified atom stereocenters. The first-order valence-electron chi connectivity index (χ1n) is 14.2. The second-order valence-electron chi connectivity index (χ2n) is 9.65. The SMILES string of the molecule is CCOc1ccccc1NC(=O)C(C)Sc1cccc(NC(=O)/C(=C\c2ccc(OC)cc2OC)NC(=O)c2ccccc2)c1. The molecule has 4 aromatic rings. The zero-order chi connectivity index (χ0) is 32.2. The predicted molar refractivity (Wildman–Crippen MR) is 178 cm³/mol. The summed E-state index contributed by atoms with van der Waals surface area (Å²) in [6.45, 7) is 4.17. The minimum absolute atomic E-state index is 0.00563. The van der Waals surface area contributed by atoms with Crippen molar-refractivity contribution in [2.45, 2.75) is 24.0 Å². The van der Waals surface area contributed by atoms with Crippen LogP contribution in [0.3, 0.4) is 0 Å². The van der Waals surface area contributed by atoms with Gasteiger partial charge in [0.25, 0.3) is 11.8 Å². The summed E-state index contributed by atoms with van der Waals surface area (Å²) in [5.74, 6) is 0.467. The number of thioether (sulfide) groups is 1. The molecule has 0 aliphatic rings. The van der Waals surface area contributed by atoms with E-state index in [1.165, 1.54) is 18.9 Å². The summed E-state index contributed by atoms with van der Waals surface area (Å²) in [6, 6.07) is 28.2. The third-order valence-corrected chi connectivity index (χ3v) is 7.58. The fourth-order valence-electron chi connectivity index (χ4n) is 4.22. The van der Waals surface area contributed by atoms with Crippen molar-refractivity contribution in [2.75, 3.05) is 31.5 Å². The maximum Gasteiger partial charge on any atom is 0.272 e. The second kappa shape index (κ2) is 16.0. The van der Waals surface area contributed by atoms with E-state index < -0.39 is 17.1 Å². The summed E-state index contributed by atoms with van der Waals surface area (Å²) in [5, 5.41) is 8.08. The number of benzene rings is 4. The van der Waals surface area contributed by atoms with Crippen LogP contribution in [-0.2, 0) is 9.59 Å². The lowest BCUT2D eigenvalue weighted by atomic mass is 10.1. The largest absolute Gasteiger partial charge is 0.497 e. The van der Waals surface area contributed by atoms with Crippen LogP contribution in [-0.4, -0.2) is 43.8 Å². The number of ether oxygens (including phenoxy) is 3. The number of hydrogen-bond donors (Lipinski definition) is 3. The zero-order valence-corrected chi connectivity index (χ0v) is 26.3. The molecule has 0 heterocycles. The van der Waals surface area contributed by atoms with E-state index in [0.717, 1.165) is 4.90 Å². The number of para-hydroxylation sites is 2. The summed E-state index contributed by atoms with van der Waals surface area (Å²) < 4.78 is 16.4. The Morgan fingerprint density at radius 3 is 2.31 bits per heavy atom. The van der Waals surface area contributed by atoms with E-state index in [1.54, 1.807) is 99.0 Å². The number of rotatable bonds is 13. The van der Waals surface area contributed by atoms with Crippen LogP contribution in [0.1, 0.15) is 29.8 Å². The van der Waals surface area contributed by atoms with Crippen LogP contribution in [0.2, 0.25) is 0 Å². The number of hydrogen-bond acceptors (Lipinski definition) is 7. The Hall–Kier alpha value is -5.22. The van der Waals surface area contributed by atoms with Crippen LogP contribution in [0.15, 0.2) is 108 Å². The highest BCUT2D eigenvalue weighted by Crippen LogP contribution is 2.30. The lowest BCUT2D eigenvalue weighted by Gasteiger charge is -2.16. The molecule has 1 atom stereocenters. The zero-order valence-electron chi connectivity index (χ0n) is 25.5. The number of methoxy groups -OCH3 is 2. The number of nitrogens with one attached hydrogen (secondary N) is 3. The molecule has 0 bridgehead atoms. The molecule has 4 aromatic carbocycles. The van der Waals surface area contributed by atoms with Crippen LogP contribution >= 0.6 is 11.8 Å². The highest BCUT2D eigenvalue weighted by molar-refractivity contribution is 8.00. The second-order valence-corrected chi connectivity index (χ2v) is 11.1. The van der Waals surface area contributed by atoms with Crippen molar-refractivity contribution < 1.29 is 28.6 Å². The van der Waals surface area contributed by atoms with Crippen molar-refractivity contribution in [1.29, 1.82) is 0 Å². The Kier molecular flexibility index (Phi) is 11.6.